The third kappa shape index (κ3) is 6.50. The number of pyridine rings is 1. The zero-order valence-electron chi connectivity index (χ0n) is 18.9. The topological polar surface area (TPSA) is 82.3 Å². The molecule has 1 atom stereocenters. The van der Waals surface area contributed by atoms with E-state index in [-0.39, 0.29) is 23.0 Å². The first-order chi connectivity index (χ1) is 16.5. The molecule has 1 fully saturated rings. The molecule has 4 rings (SSSR count). The number of para-hydroxylation sites is 1. The first-order valence-electron chi connectivity index (χ1n) is 11.6. The van der Waals surface area contributed by atoms with E-state index >= 15 is 0 Å². The van der Waals surface area contributed by atoms with Crippen molar-refractivity contribution < 1.29 is 9.59 Å². The Balaban J connectivity index is 1.52. The van der Waals surface area contributed by atoms with Gasteiger partial charge >= 0.3 is 0 Å². The van der Waals surface area contributed by atoms with E-state index in [1.807, 2.05) is 24.3 Å². The van der Waals surface area contributed by atoms with Gasteiger partial charge in [-0.05, 0) is 61.8 Å². The Labute approximate surface area is 208 Å². The SMILES string of the molecule is O=C(NC(Cc1cc(=O)[nH]c2ccccc12)C(=O)SCCN1CCCCC1)c1ccc(Cl)cc1. The normalized spacial score (nSPS) is 15.2. The standard InChI is InChI=1S/C26H28ClN3O3S/c27-20-10-8-18(9-11-20)25(32)29-23(26(33)34-15-14-30-12-4-1-5-13-30)16-19-17-24(31)28-22-7-3-2-6-21(19)22/h2-3,6-11,17,23H,1,4-5,12-16H2,(H,28,31)(H,29,32). The molecule has 1 amide bonds. The highest BCUT2D eigenvalue weighted by Crippen LogP contribution is 2.20. The molecule has 0 bridgehead atoms. The van der Waals surface area contributed by atoms with Crippen LogP contribution >= 0.6 is 23.4 Å². The molecule has 1 aromatic heterocycles. The number of halogens is 1. The second-order valence-electron chi connectivity index (χ2n) is 8.51. The number of aromatic amines is 1. The van der Waals surface area contributed by atoms with Crippen LogP contribution < -0.4 is 10.9 Å². The minimum Gasteiger partial charge on any atom is -0.341 e. The van der Waals surface area contributed by atoms with Gasteiger partial charge < -0.3 is 15.2 Å². The fourth-order valence-corrected chi connectivity index (χ4v) is 5.28. The fourth-order valence-electron chi connectivity index (χ4n) is 4.26. The van der Waals surface area contributed by atoms with Crippen LogP contribution in [-0.2, 0) is 11.2 Å². The summed E-state index contributed by atoms with van der Waals surface area (Å²) in [5, 5.41) is 4.18. The predicted molar refractivity (Wildman–Crippen MR) is 139 cm³/mol. The lowest BCUT2D eigenvalue weighted by atomic mass is 10.0. The summed E-state index contributed by atoms with van der Waals surface area (Å²) in [4.78, 5) is 43.6. The summed E-state index contributed by atoms with van der Waals surface area (Å²) in [5.74, 6) is 0.322. The Bertz CT molecular complexity index is 1210. The van der Waals surface area contributed by atoms with Crippen LogP contribution in [0.25, 0.3) is 10.9 Å². The monoisotopic (exact) mass is 497 g/mol. The van der Waals surface area contributed by atoms with Crippen molar-refractivity contribution in [3.05, 3.63) is 81.1 Å². The van der Waals surface area contributed by atoms with Gasteiger partial charge in [-0.2, -0.15) is 0 Å². The van der Waals surface area contributed by atoms with E-state index in [9.17, 15) is 14.4 Å². The van der Waals surface area contributed by atoms with Crippen LogP contribution in [0.15, 0.2) is 59.4 Å². The van der Waals surface area contributed by atoms with Crippen molar-refractivity contribution in [2.45, 2.75) is 31.7 Å². The van der Waals surface area contributed by atoms with E-state index in [1.165, 1.54) is 37.1 Å². The molecule has 1 aliphatic heterocycles. The zero-order chi connectivity index (χ0) is 23.9. The highest BCUT2D eigenvalue weighted by molar-refractivity contribution is 8.13. The molecule has 8 heteroatoms. The van der Waals surface area contributed by atoms with E-state index < -0.39 is 6.04 Å². The molecule has 2 aromatic carbocycles. The van der Waals surface area contributed by atoms with Gasteiger partial charge in [-0.1, -0.05) is 48.0 Å². The molecule has 2 heterocycles. The third-order valence-corrected chi connectivity index (χ3v) is 7.26. The van der Waals surface area contributed by atoms with Gasteiger partial charge in [-0.3, -0.25) is 14.4 Å². The van der Waals surface area contributed by atoms with Crippen molar-refractivity contribution in [2.24, 2.45) is 0 Å². The van der Waals surface area contributed by atoms with Crippen molar-refractivity contribution in [2.75, 3.05) is 25.4 Å². The molecule has 2 N–H and O–H groups in total. The molecule has 6 nitrogen and oxygen atoms in total. The lowest BCUT2D eigenvalue weighted by Gasteiger charge is -2.26. The number of carbonyl (C=O) groups is 2. The van der Waals surface area contributed by atoms with Gasteiger partial charge in [0.05, 0.1) is 0 Å². The van der Waals surface area contributed by atoms with Crippen LogP contribution in [0.4, 0.5) is 0 Å². The third-order valence-electron chi connectivity index (χ3n) is 6.06. The summed E-state index contributed by atoms with van der Waals surface area (Å²) in [6, 6.07) is 14.8. The fraction of sp³-hybridized carbons (Fsp3) is 0.346. The number of carbonyl (C=O) groups excluding carboxylic acids is 2. The number of benzene rings is 2. The molecule has 178 valence electrons. The summed E-state index contributed by atoms with van der Waals surface area (Å²) >= 11 is 7.19. The molecule has 1 saturated heterocycles. The van der Waals surface area contributed by atoms with Crippen LogP contribution in [0.1, 0.15) is 35.2 Å². The van der Waals surface area contributed by atoms with Crippen molar-refractivity contribution >= 4 is 45.3 Å². The van der Waals surface area contributed by atoms with Gasteiger partial charge in [0.25, 0.3) is 5.91 Å². The van der Waals surface area contributed by atoms with Crippen LogP contribution in [0, 0.1) is 0 Å². The summed E-state index contributed by atoms with van der Waals surface area (Å²) < 4.78 is 0. The largest absolute Gasteiger partial charge is 0.341 e. The van der Waals surface area contributed by atoms with Crippen molar-refractivity contribution in [3.8, 4) is 0 Å². The van der Waals surface area contributed by atoms with Crippen LogP contribution in [0.3, 0.4) is 0 Å². The Morgan fingerprint density at radius 3 is 2.56 bits per heavy atom. The molecule has 0 radical (unpaired) electrons. The van der Waals surface area contributed by atoms with Crippen LogP contribution in [0.2, 0.25) is 5.02 Å². The van der Waals surface area contributed by atoms with Gasteiger partial charge in [-0.25, -0.2) is 0 Å². The molecule has 0 saturated carbocycles. The van der Waals surface area contributed by atoms with Gasteiger partial charge in [0, 0.05) is 46.3 Å². The highest BCUT2D eigenvalue weighted by Gasteiger charge is 2.24. The molecule has 0 aliphatic carbocycles. The van der Waals surface area contributed by atoms with Crippen molar-refractivity contribution in [1.82, 2.24) is 15.2 Å². The van der Waals surface area contributed by atoms with Gasteiger partial charge in [0.2, 0.25) is 10.7 Å². The molecule has 1 unspecified atom stereocenters. The second kappa shape index (κ2) is 11.7. The first-order valence-corrected chi connectivity index (χ1v) is 12.9. The number of rotatable bonds is 8. The second-order valence-corrected chi connectivity index (χ2v) is 10.0. The average Bonchev–Trinajstić information content (AvgIpc) is 2.84. The average molecular weight is 498 g/mol. The molecule has 34 heavy (non-hydrogen) atoms. The number of piperidine rings is 1. The van der Waals surface area contributed by atoms with E-state index in [1.54, 1.807) is 24.3 Å². The molecule has 3 aromatic rings. The Morgan fingerprint density at radius 2 is 1.79 bits per heavy atom. The Kier molecular flexibility index (Phi) is 8.43. The minimum atomic E-state index is -0.764. The number of thioether (sulfide) groups is 1. The highest BCUT2D eigenvalue weighted by atomic mass is 35.5. The number of nitrogens with one attached hydrogen (secondary N) is 2. The number of aromatic nitrogens is 1. The Morgan fingerprint density at radius 1 is 1.06 bits per heavy atom. The van der Waals surface area contributed by atoms with E-state index in [4.69, 9.17) is 11.6 Å². The smallest absolute Gasteiger partial charge is 0.251 e. The minimum absolute atomic E-state index is 0.108. The van der Waals surface area contributed by atoms with Crippen LogP contribution in [-0.4, -0.2) is 52.3 Å². The lowest BCUT2D eigenvalue weighted by molar-refractivity contribution is -0.112. The maximum atomic E-state index is 13.3. The summed E-state index contributed by atoms with van der Waals surface area (Å²) in [5.41, 5.74) is 1.63. The van der Waals surface area contributed by atoms with Gasteiger partial charge in [0.1, 0.15) is 6.04 Å². The van der Waals surface area contributed by atoms with E-state index in [2.05, 4.69) is 15.2 Å². The summed E-state index contributed by atoms with van der Waals surface area (Å²) in [6.45, 7) is 3.00. The number of likely N-dealkylation sites (tertiary alicyclic amines) is 1. The number of fused-ring (bicyclic) bond motifs is 1. The van der Waals surface area contributed by atoms with Crippen molar-refractivity contribution in [3.63, 3.8) is 0 Å². The number of hydrogen-bond acceptors (Lipinski definition) is 5. The predicted octanol–water partition coefficient (Wildman–Crippen LogP) is 4.27. The zero-order valence-corrected chi connectivity index (χ0v) is 20.5. The van der Waals surface area contributed by atoms with Gasteiger partial charge in [0.15, 0.2) is 0 Å². The maximum absolute atomic E-state index is 13.3. The van der Waals surface area contributed by atoms with Crippen LogP contribution in [0.5, 0.6) is 0 Å². The quantitative estimate of drug-likeness (QED) is 0.485. The van der Waals surface area contributed by atoms with Gasteiger partial charge in [-0.15, -0.1) is 0 Å². The molecular weight excluding hydrogens is 470 g/mol. The number of H-pyrrole nitrogens is 1. The summed E-state index contributed by atoms with van der Waals surface area (Å²) in [6.07, 6.45) is 3.91. The Hall–Kier alpha value is -2.61. The lowest BCUT2D eigenvalue weighted by Crippen LogP contribution is -2.42. The number of nitrogens with zero attached hydrogens (tertiary/aromatic N) is 1. The number of amides is 1. The molecule has 0 spiro atoms. The molecule has 1 aliphatic rings. The number of hydrogen-bond donors (Lipinski definition) is 2. The van der Waals surface area contributed by atoms with Crippen molar-refractivity contribution in [1.29, 1.82) is 0 Å². The van der Waals surface area contributed by atoms with E-state index in [0.29, 0.717) is 21.9 Å². The van der Waals surface area contributed by atoms with E-state index in [0.717, 1.165) is 30.6 Å². The maximum Gasteiger partial charge on any atom is 0.251 e. The molecular formula is C26H28ClN3O3S. The summed E-state index contributed by atoms with van der Waals surface area (Å²) in [7, 11) is 0. The first kappa shape index (κ1) is 24.5.